The van der Waals surface area contributed by atoms with Crippen LogP contribution in [0, 0.1) is 13.8 Å². The zero-order valence-corrected chi connectivity index (χ0v) is 21.7. The zero-order valence-electron chi connectivity index (χ0n) is 21.7. The predicted molar refractivity (Wildman–Crippen MR) is 164 cm³/mol. The number of fused-ring (bicyclic) bond motifs is 5. The molecule has 0 heteroatoms. The summed E-state index contributed by atoms with van der Waals surface area (Å²) in [6, 6.07) is 30.3. The molecule has 0 spiro atoms. The van der Waals surface area contributed by atoms with E-state index in [0.717, 1.165) is 12.8 Å². The summed E-state index contributed by atoms with van der Waals surface area (Å²) in [6.45, 7) is 4.46. The molecule has 6 aromatic carbocycles. The molecule has 178 valence electrons. The summed E-state index contributed by atoms with van der Waals surface area (Å²) in [4.78, 5) is 0. The molecule has 0 radical (unpaired) electrons. The molecule has 0 bridgehead atoms. The average Bonchev–Trinajstić information content (AvgIpc) is 3.23. The van der Waals surface area contributed by atoms with Crippen LogP contribution in [0.15, 0.2) is 91.0 Å². The van der Waals surface area contributed by atoms with Crippen LogP contribution in [0.3, 0.4) is 0 Å². The van der Waals surface area contributed by atoms with Crippen molar-refractivity contribution in [2.45, 2.75) is 26.7 Å². The molecule has 0 amide bonds. The maximum absolute atomic E-state index is 2.52. The first-order valence-electron chi connectivity index (χ1n) is 13.7. The number of hydrogen-bond acceptors (Lipinski definition) is 0. The van der Waals surface area contributed by atoms with Crippen LogP contribution in [0.25, 0.3) is 77.3 Å². The van der Waals surface area contributed by atoms with Crippen molar-refractivity contribution < 1.29 is 0 Å². The lowest BCUT2D eigenvalue weighted by molar-refractivity contribution is 1.24. The summed E-state index contributed by atoms with van der Waals surface area (Å²) >= 11 is 0. The SMILES string of the molecule is Cc1cc2c3c(cc(C)cc3c1)-c1cc3c(cc1-2)c(-c1ccccc1)c1c2c4c(ccc23)C=CCC4=CC1. The number of benzene rings is 6. The van der Waals surface area contributed by atoms with Crippen molar-refractivity contribution in [3.63, 3.8) is 0 Å². The third-order valence-electron chi connectivity index (χ3n) is 9.05. The second-order valence-corrected chi connectivity index (χ2v) is 11.4. The minimum Gasteiger partial charge on any atom is -0.0795 e. The van der Waals surface area contributed by atoms with Crippen LogP contribution in [-0.2, 0) is 6.42 Å². The maximum atomic E-state index is 2.52. The summed E-state index contributed by atoms with van der Waals surface area (Å²) < 4.78 is 0. The van der Waals surface area contributed by atoms with E-state index in [9.17, 15) is 0 Å². The van der Waals surface area contributed by atoms with Gasteiger partial charge < -0.3 is 0 Å². The third-order valence-corrected chi connectivity index (χ3v) is 9.05. The van der Waals surface area contributed by atoms with Gasteiger partial charge in [0.15, 0.2) is 0 Å². The molecule has 0 heterocycles. The summed E-state index contributed by atoms with van der Waals surface area (Å²) in [7, 11) is 0. The van der Waals surface area contributed by atoms with Gasteiger partial charge in [-0.15, -0.1) is 0 Å². The van der Waals surface area contributed by atoms with Gasteiger partial charge in [0.1, 0.15) is 0 Å². The van der Waals surface area contributed by atoms with E-state index < -0.39 is 0 Å². The lowest BCUT2D eigenvalue weighted by Crippen LogP contribution is -2.05. The van der Waals surface area contributed by atoms with Crippen LogP contribution in [0.2, 0.25) is 0 Å². The average molecular weight is 483 g/mol. The van der Waals surface area contributed by atoms with Crippen molar-refractivity contribution in [3.05, 3.63) is 119 Å². The topological polar surface area (TPSA) is 0 Å². The molecule has 0 N–H and O–H groups in total. The molecule has 3 aliphatic rings. The second kappa shape index (κ2) is 7.11. The molecule has 0 unspecified atom stereocenters. The van der Waals surface area contributed by atoms with E-state index in [1.165, 1.54) is 99.1 Å². The number of aryl methyl sites for hydroxylation is 2. The number of allylic oxidation sites excluding steroid dienone is 3. The zero-order chi connectivity index (χ0) is 25.1. The highest BCUT2D eigenvalue weighted by molar-refractivity contribution is 6.25. The normalized spacial score (nSPS) is 14.4. The predicted octanol–water partition coefficient (Wildman–Crippen LogP) is 10.4. The highest BCUT2D eigenvalue weighted by Crippen LogP contribution is 2.53. The minimum atomic E-state index is 0.988. The molecule has 0 nitrogen and oxygen atoms in total. The first-order chi connectivity index (χ1) is 18.7. The molecule has 0 saturated carbocycles. The van der Waals surface area contributed by atoms with Gasteiger partial charge in [-0.2, -0.15) is 0 Å². The Morgan fingerprint density at radius 3 is 2.08 bits per heavy atom. The molecular formula is C38H26. The van der Waals surface area contributed by atoms with Gasteiger partial charge in [-0.3, -0.25) is 0 Å². The van der Waals surface area contributed by atoms with E-state index in [0.29, 0.717) is 0 Å². The highest BCUT2D eigenvalue weighted by atomic mass is 14.3. The fourth-order valence-corrected chi connectivity index (χ4v) is 7.61. The summed E-state index contributed by atoms with van der Waals surface area (Å²) in [5, 5.41) is 8.38. The molecule has 0 aromatic heterocycles. The van der Waals surface area contributed by atoms with Crippen molar-refractivity contribution in [1.29, 1.82) is 0 Å². The van der Waals surface area contributed by atoms with E-state index in [2.05, 4.69) is 111 Å². The smallest absolute Gasteiger partial charge is 0.00260 e. The van der Waals surface area contributed by atoms with E-state index >= 15 is 0 Å². The Hall–Kier alpha value is -4.42. The van der Waals surface area contributed by atoms with Crippen LogP contribution in [0.1, 0.15) is 34.2 Å². The van der Waals surface area contributed by atoms with Crippen molar-refractivity contribution >= 4 is 44.0 Å². The first kappa shape index (κ1) is 20.6. The Morgan fingerprint density at radius 1 is 0.579 bits per heavy atom. The highest BCUT2D eigenvalue weighted by Gasteiger charge is 2.28. The van der Waals surface area contributed by atoms with E-state index in [1.54, 1.807) is 0 Å². The number of rotatable bonds is 1. The lowest BCUT2D eigenvalue weighted by Gasteiger charge is -2.27. The van der Waals surface area contributed by atoms with Gasteiger partial charge in [0, 0.05) is 0 Å². The standard InChI is InChI=1S/C38H26/c1-21-15-26-16-22(2)18-33-31-20-34-29(19-30(31)32(17-21)37(26)33)27-13-11-24-9-6-10-25-12-14-28(38(27)35(24)25)36(34)23-7-4-3-5-8-23/h3-9,11-13,15-20H,10,14H2,1-2H3. The van der Waals surface area contributed by atoms with Gasteiger partial charge in [-0.1, -0.05) is 85.0 Å². The summed E-state index contributed by atoms with van der Waals surface area (Å²) in [5.74, 6) is 0. The van der Waals surface area contributed by atoms with Gasteiger partial charge in [0.25, 0.3) is 0 Å². The summed E-state index contributed by atoms with van der Waals surface area (Å²) in [6.07, 6.45) is 9.14. The van der Waals surface area contributed by atoms with Crippen LogP contribution < -0.4 is 0 Å². The van der Waals surface area contributed by atoms with E-state index in [4.69, 9.17) is 0 Å². The Kier molecular flexibility index (Phi) is 3.86. The largest absolute Gasteiger partial charge is 0.0795 e. The molecule has 0 atom stereocenters. The Labute approximate surface area is 222 Å². The molecule has 3 aliphatic carbocycles. The lowest BCUT2D eigenvalue weighted by atomic mass is 9.76. The van der Waals surface area contributed by atoms with E-state index in [1.807, 2.05) is 0 Å². The monoisotopic (exact) mass is 482 g/mol. The Balaban J connectivity index is 1.51. The second-order valence-electron chi connectivity index (χ2n) is 11.4. The maximum Gasteiger partial charge on any atom is -0.00260 e. The molecule has 6 aromatic rings. The third kappa shape index (κ3) is 2.55. The van der Waals surface area contributed by atoms with Gasteiger partial charge in [-0.05, 0) is 138 Å². The Bertz CT molecular complexity index is 2110. The van der Waals surface area contributed by atoms with Gasteiger partial charge >= 0.3 is 0 Å². The van der Waals surface area contributed by atoms with Crippen molar-refractivity contribution in [1.82, 2.24) is 0 Å². The van der Waals surface area contributed by atoms with E-state index in [-0.39, 0.29) is 0 Å². The first-order valence-corrected chi connectivity index (χ1v) is 13.7. The van der Waals surface area contributed by atoms with Crippen LogP contribution >= 0.6 is 0 Å². The number of hydrogen-bond donors (Lipinski definition) is 0. The molecule has 0 aliphatic heterocycles. The van der Waals surface area contributed by atoms with Crippen LogP contribution in [-0.4, -0.2) is 0 Å². The molecule has 0 fully saturated rings. The van der Waals surface area contributed by atoms with Crippen molar-refractivity contribution in [3.8, 4) is 33.4 Å². The van der Waals surface area contributed by atoms with Crippen molar-refractivity contribution in [2.24, 2.45) is 0 Å². The fourth-order valence-electron chi connectivity index (χ4n) is 7.61. The van der Waals surface area contributed by atoms with Gasteiger partial charge in [-0.25, -0.2) is 0 Å². The fraction of sp³-hybridized carbons (Fsp3) is 0.105. The van der Waals surface area contributed by atoms with Crippen LogP contribution in [0.5, 0.6) is 0 Å². The minimum absolute atomic E-state index is 0.988. The Morgan fingerprint density at radius 2 is 1.32 bits per heavy atom. The van der Waals surface area contributed by atoms with Gasteiger partial charge in [0.2, 0.25) is 0 Å². The quantitative estimate of drug-likeness (QED) is 0.204. The van der Waals surface area contributed by atoms with Crippen molar-refractivity contribution in [2.75, 3.05) is 0 Å². The summed E-state index contributed by atoms with van der Waals surface area (Å²) in [5.41, 5.74) is 16.7. The molecule has 0 saturated heterocycles. The van der Waals surface area contributed by atoms with Crippen LogP contribution in [0.4, 0.5) is 0 Å². The molecule has 9 rings (SSSR count). The molecule has 38 heavy (non-hydrogen) atoms. The van der Waals surface area contributed by atoms with Gasteiger partial charge in [0.05, 0.1) is 0 Å². The molecular weight excluding hydrogens is 456 g/mol.